The average Bonchev–Trinajstić information content (AvgIpc) is 2.67. The lowest BCUT2D eigenvalue weighted by Gasteiger charge is -2.39. The van der Waals surface area contributed by atoms with E-state index in [1.54, 1.807) is 32.2 Å². The van der Waals surface area contributed by atoms with Gasteiger partial charge in [0.25, 0.3) is 11.7 Å². The first-order chi connectivity index (χ1) is 13.6. The fraction of sp³-hybridized carbons (Fsp3) is 0.478. The molecule has 1 atom stereocenters. The van der Waals surface area contributed by atoms with E-state index in [1.807, 2.05) is 25.3 Å². The number of ether oxygens (including phenoxy) is 1. The van der Waals surface area contributed by atoms with E-state index in [1.165, 1.54) is 0 Å². The minimum absolute atomic E-state index is 0.375. The van der Waals surface area contributed by atoms with Crippen molar-refractivity contribution in [1.82, 2.24) is 0 Å². The smallest absolute Gasteiger partial charge is 0.281 e. The molecular weight excluding hydrogens is 372 g/mol. The van der Waals surface area contributed by atoms with Gasteiger partial charge in [-0.15, -0.1) is 0 Å². The van der Waals surface area contributed by atoms with Crippen LogP contribution in [0.5, 0.6) is 0 Å². The van der Waals surface area contributed by atoms with Gasteiger partial charge in [-0.25, -0.2) is 19.1 Å². The molecule has 6 heteroatoms. The number of methoxy groups -OCH3 is 1. The highest BCUT2D eigenvalue weighted by Crippen LogP contribution is 2.52. The van der Waals surface area contributed by atoms with E-state index < -0.39 is 11.3 Å². The van der Waals surface area contributed by atoms with Gasteiger partial charge in [0.15, 0.2) is 0 Å². The summed E-state index contributed by atoms with van der Waals surface area (Å²) in [7, 11) is 1.72. The van der Waals surface area contributed by atoms with Crippen LogP contribution in [-0.4, -0.2) is 19.6 Å². The monoisotopic (exact) mass is 402 g/mol. The van der Waals surface area contributed by atoms with E-state index >= 15 is 0 Å². The normalized spacial score (nSPS) is 17.4. The molecular formula is C23H30F2N3O+. The second kappa shape index (κ2) is 8.87. The number of aromatic amines is 1. The number of nitrogens with one attached hydrogen (secondary N) is 2. The zero-order valence-electron chi connectivity index (χ0n) is 18.0. The topological polar surface area (TPSA) is 59.2 Å². The minimum Gasteiger partial charge on any atom is -0.384 e. The third-order valence-electron chi connectivity index (χ3n) is 5.27. The molecule has 0 saturated heterocycles. The second-order valence-corrected chi connectivity index (χ2v) is 8.01. The van der Waals surface area contributed by atoms with E-state index in [4.69, 9.17) is 10.00 Å². The Morgan fingerprint density at radius 2 is 1.97 bits per heavy atom. The van der Waals surface area contributed by atoms with E-state index in [9.17, 15) is 8.78 Å². The lowest BCUT2D eigenvalue weighted by atomic mass is 9.69. The highest BCUT2D eigenvalue weighted by atomic mass is 19.3. The molecule has 0 radical (unpaired) electrons. The molecule has 0 bridgehead atoms. The average molecular weight is 403 g/mol. The Balaban J connectivity index is 0.000000438. The molecule has 0 spiro atoms. The number of aromatic nitrogens is 1. The summed E-state index contributed by atoms with van der Waals surface area (Å²) in [6.07, 6.45) is 2.58. The standard InChI is InChI=1S/C18H17F2N3.C5H12O/c1-4-11-7-14-16(22-10-11)23-15-6-5-12(9-21)8-13(15)17(14,2)18(3,19)20;1-5(2)4-6-3/h5-8,10H,4H2,1-3H3,(H,22,23);5H,4H2,1-3H3/p+1. The Morgan fingerprint density at radius 3 is 2.45 bits per heavy atom. The number of pyridine rings is 1. The molecule has 2 aromatic rings. The summed E-state index contributed by atoms with van der Waals surface area (Å²) in [5, 5.41) is 12.3. The summed E-state index contributed by atoms with van der Waals surface area (Å²) < 4.78 is 34.2. The number of hydrogen-bond acceptors (Lipinski definition) is 3. The van der Waals surface area contributed by atoms with Crippen LogP contribution in [0.4, 0.5) is 20.3 Å². The Kier molecular flexibility index (Phi) is 6.97. The van der Waals surface area contributed by atoms with Gasteiger partial charge in [0.05, 0.1) is 28.8 Å². The number of anilines is 2. The fourth-order valence-electron chi connectivity index (χ4n) is 3.47. The Labute approximate surface area is 171 Å². The maximum atomic E-state index is 14.7. The molecule has 2 N–H and O–H groups in total. The van der Waals surface area contributed by atoms with Crippen LogP contribution in [0.1, 0.15) is 56.9 Å². The van der Waals surface area contributed by atoms with Gasteiger partial charge in [-0.1, -0.05) is 20.8 Å². The molecule has 0 saturated carbocycles. The summed E-state index contributed by atoms with van der Waals surface area (Å²) in [6, 6.07) is 8.72. The highest BCUT2D eigenvalue weighted by molar-refractivity contribution is 5.73. The first-order valence-corrected chi connectivity index (χ1v) is 9.81. The van der Waals surface area contributed by atoms with E-state index in [0.717, 1.165) is 25.5 Å². The summed E-state index contributed by atoms with van der Waals surface area (Å²) in [6.45, 7) is 9.59. The van der Waals surface area contributed by atoms with Gasteiger partial charge in [0.2, 0.25) is 0 Å². The van der Waals surface area contributed by atoms with Crippen LogP contribution < -0.4 is 10.3 Å². The number of benzene rings is 1. The van der Waals surface area contributed by atoms with Crippen LogP contribution in [0, 0.1) is 17.2 Å². The van der Waals surface area contributed by atoms with Crippen molar-refractivity contribution in [2.75, 3.05) is 19.0 Å². The van der Waals surface area contributed by atoms with Gasteiger partial charge < -0.3 is 4.74 Å². The third-order valence-corrected chi connectivity index (χ3v) is 5.27. The van der Waals surface area contributed by atoms with Crippen molar-refractivity contribution in [3.63, 3.8) is 0 Å². The van der Waals surface area contributed by atoms with Crippen LogP contribution in [0.25, 0.3) is 0 Å². The van der Waals surface area contributed by atoms with Gasteiger partial charge in [0.1, 0.15) is 5.69 Å². The minimum atomic E-state index is -2.99. The first kappa shape index (κ1) is 22.8. The molecule has 1 aliphatic rings. The SMILES string of the molecule is CCc1c[nH+]c2c(c1)C(C)(C(C)(F)F)c1cc(C#N)ccc1N2.COCC(C)C. The molecule has 0 amide bonds. The van der Waals surface area contributed by atoms with Gasteiger partial charge in [0, 0.05) is 26.2 Å². The van der Waals surface area contributed by atoms with Crippen molar-refractivity contribution >= 4 is 11.5 Å². The molecule has 2 heterocycles. The third kappa shape index (κ3) is 4.56. The van der Waals surface area contributed by atoms with Crippen molar-refractivity contribution in [3.05, 3.63) is 52.7 Å². The summed E-state index contributed by atoms with van der Waals surface area (Å²) in [4.78, 5) is 3.10. The van der Waals surface area contributed by atoms with Crippen LogP contribution in [0.3, 0.4) is 0 Å². The maximum absolute atomic E-state index is 14.7. The predicted octanol–water partition coefficient (Wildman–Crippen LogP) is 5.24. The Hall–Kier alpha value is -2.52. The zero-order chi connectivity index (χ0) is 21.8. The number of aryl methyl sites for hydroxylation is 1. The Morgan fingerprint density at radius 1 is 1.28 bits per heavy atom. The molecule has 156 valence electrons. The van der Waals surface area contributed by atoms with E-state index in [-0.39, 0.29) is 0 Å². The van der Waals surface area contributed by atoms with Gasteiger partial charge in [-0.3, -0.25) is 0 Å². The number of nitrogens with zero attached hydrogens (tertiary/aromatic N) is 1. The molecule has 1 aliphatic heterocycles. The van der Waals surface area contributed by atoms with E-state index in [0.29, 0.717) is 34.1 Å². The molecule has 1 unspecified atom stereocenters. The Bertz CT molecular complexity index is 900. The molecule has 4 nitrogen and oxygen atoms in total. The summed E-state index contributed by atoms with van der Waals surface area (Å²) >= 11 is 0. The zero-order valence-corrected chi connectivity index (χ0v) is 18.0. The van der Waals surface area contributed by atoms with E-state index in [2.05, 4.69) is 24.1 Å². The number of rotatable bonds is 4. The lowest BCUT2D eigenvalue weighted by Crippen LogP contribution is -2.45. The van der Waals surface area contributed by atoms with Crippen LogP contribution in [0.2, 0.25) is 0 Å². The van der Waals surface area contributed by atoms with Crippen LogP contribution in [0.15, 0.2) is 30.5 Å². The van der Waals surface area contributed by atoms with Crippen molar-refractivity contribution in [1.29, 1.82) is 5.26 Å². The maximum Gasteiger partial charge on any atom is 0.281 e. The van der Waals surface area contributed by atoms with Gasteiger partial charge >= 0.3 is 0 Å². The van der Waals surface area contributed by atoms with Gasteiger partial charge in [-0.2, -0.15) is 5.26 Å². The molecule has 0 aliphatic carbocycles. The number of alkyl halides is 2. The molecule has 29 heavy (non-hydrogen) atoms. The van der Waals surface area contributed by atoms with Gasteiger partial charge in [-0.05, 0) is 49.1 Å². The second-order valence-electron chi connectivity index (χ2n) is 8.01. The van der Waals surface area contributed by atoms with Crippen molar-refractivity contribution < 1.29 is 18.5 Å². The molecule has 3 rings (SSSR count). The van der Waals surface area contributed by atoms with Crippen LogP contribution >= 0.6 is 0 Å². The number of H-pyrrole nitrogens is 1. The quantitative estimate of drug-likeness (QED) is 0.761. The molecule has 0 fully saturated rings. The summed E-state index contributed by atoms with van der Waals surface area (Å²) in [5.41, 5.74) is 1.38. The summed E-state index contributed by atoms with van der Waals surface area (Å²) in [5.74, 6) is -1.74. The largest absolute Gasteiger partial charge is 0.384 e. The molecule has 1 aromatic carbocycles. The number of nitriles is 1. The van der Waals surface area contributed by atoms with Crippen LogP contribution in [-0.2, 0) is 16.6 Å². The molecule has 1 aromatic heterocycles. The first-order valence-electron chi connectivity index (χ1n) is 9.81. The number of fused-ring (bicyclic) bond motifs is 2. The van der Waals surface area contributed by atoms with Crippen molar-refractivity contribution in [2.45, 2.75) is 52.4 Å². The lowest BCUT2D eigenvalue weighted by molar-refractivity contribution is -0.363. The number of halogens is 2. The fourth-order valence-corrected chi connectivity index (χ4v) is 3.47. The number of hydrogen-bond donors (Lipinski definition) is 1. The highest BCUT2D eigenvalue weighted by Gasteiger charge is 2.55. The predicted molar refractivity (Wildman–Crippen MR) is 111 cm³/mol. The van der Waals surface area contributed by atoms with Crippen molar-refractivity contribution in [3.8, 4) is 6.07 Å². The van der Waals surface area contributed by atoms with Crippen molar-refractivity contribution in [2.24, 2.45) is 5.92 Å².